The van der Waals surface area contributed by atoms with Crippen molar-refractivity contribution in [3.63, 3.8) is 0 Å². The molecule has 0 spiro atoms. The second-order valence-electron chi connectivity index (χ2n) is 8.50. The molecule has 188 valence electrons. The Hall–Kier alpha value is -3.46. The molecule has 2 aromatic carbocycles. The van der Waals surface area contributed by atoms with E-state index in [0.717, 1.165) is 0 Å². The third kappa shape index (κ3) is 5.97. The molecule has 9 heteroatoms. The first-order valence-electron chi connectivity index (χ1n) is 11.4. The van der Waals surface area contributed by atoms with E-state index in [0.29, 0.717) is 34.9 Å². The molecule has 0 saturated carbocycles. The van der Waals surface area contributed by atoms with Gasteiger partial charge in [0, 0.05) is 43.2 Å². The Kier molecular flexibility index (Phi) is 8.81. The van der Waals surface area contributed by atoms with E-state index < -0.39 is 17.8 Å². The first-order chi connectivity index (χ1) is 16.8. The average molecular weight is 486 g/mol. The van der Waals surface area contributed by atoms with E-state index in [1.54, 1.807) is 57.4 Å². The maximum atomic E-state index is 14.8. The summed E-state index contributed by atoms with van der Waals surface area (Å²) < 4.78 is 30.7. The molecule has 0 bridgehead atoms. The van der Waals surface area contributed by atoms with Crippen LogP contribution < -0.4 is 9.47 Å². The van der Waals surface area contributed by atoms with Gasteiger partial charge in [0.15, 0.2) is 0 Å². The van der Waals surface area contributed by atoms with Crippen molar-refractivity contribution in [1.29, 1.82) is 0 Å². The number of nitrogens with zero attached hydrogens (tertiary/aromatic N) is 3. The zero-order chi connectivity index (χ0) is 25.5. The van der Waals surface area contributed by atoms with Crippen molar-refractivity contribution >= 4 is 17.5 Å². The van der Waals surface area contributed by atoms with Crippen molar-refractivity contribution in [3.8, 4) is 11.5 Å². The molecule has 0 saturated heterocycles. The SMILES string of the molecule is COCCN(CC(=O)N1N=C(c2ccc(OC)cc2OC)C[C@H]1c1ccccc1F)C(=O)C(C)C. The maximum absolute atomic E-state index is 14.8. The maximum Gasteiger partial charge on any atom is 0.262 e. The average Bonchev–Trinajstić information content (AvgIpc) is 3.30. The Balaban J connectivity index is 1.98. The molecule has 3 rings (SSSR count). The fourth-order valence-electron chi connectivity index (χ4n) is 4.00. The van der Waals surface area contributed by atoms with Crippen LogP contribution in [0, 0.1) is 11.7 Å². The second-order valence-corrected chi connectivity index (χ2v) is 8.50. The molecular weight excluding hydrogens is 453 g/mol. The summed E-state index contributed by atoms with van der Waals surface area (Å²) in [4.78, 5) is 27.6. The Morgan fingerprint density at radius 2 is 1.89 bits per heavy atom. The molecule has 0 aromatic heterocycles. The number of methoxy groups -OCH3 is 3. The predicted molar refractivity (Wildman–Crippen MR) is 130 cm³/mol. The van der Waals surface area contributed by atoms with Crippen LogP contribution in [0.4, 0.5) is 4.39 Å². The van der Waals surface area contributed by atoms with E-state index in [1.165, 1.54) is 30.2 Å². The lowest BCUT2D eigenvalue weighted by atomic mass is 9.97. The summed E-state index contributed by atoms with van der Waals surface area (Å²) in [6.07, 6.45) is 0.283. The second kappa shape index (κ2) is 11.8. The number of ether oxygens (including phenoxy) is 3. The van der Waals surface area contributed by atoms with E-state index in [2.05, 4.69) is 5.10 Å². The van der Waals surface area contributed by atoms with Crippen LogP contribution in [0.15, 0.2) is 47.6 Å². The molecule has 2 aromatic rings. The molecule has 0 aliphatic carbocycles. The van der Waals surface area contributed by atoms with Crippen LogP contribution in [0.2, 0.25) is 0 Å². The lowest BCUT2D eigenvalue weighted by molar-refractivity contribution is -0.143. The summed E-state index contributed by atoms with van der Waals surface area (Å²) in [5.41, 5.74) is 1.61. The number of hydrogen-bond acceptors (Lipinski definition) is 6. The number of halogens is 1. The zero-order valence-corrected chi connectivity index (χ0v) is 20.8. The van der Waals surface area contributed by atoms with Crippen molar-refractivity contribution in [2.75, 3.05) is 41.0 Å². The van der Waals surface area contributed by atoms with Gasteiger partial charge in [0.2, 0.25) is 5.91 Å². The number of carbonyl (C=O) groups excluding carboxylic acids is 2. The lowest BCUT2D eigenvalue weighted by Crippen LogP contribution is -2.44. The summed E-state index contributed by atoms with van der Waals surface area (Å²) in [5.74, 6) is -0.153. The van der Waals surface area contributed by atoms with Gasteiger partial charge in [-0.15, -0.1) is 0 Å². The molecule has 0 N–H and O–H groups in total. The van der Waals surface area contributed by atoms with Gasteiger partial charge in [-0.25, -0.2) is 9.40 Å². The van der Waals surface area contributed by atoms with Gasteiger partial charge < -0.3 is 19.1 Å². The smallest absolute Gasteiger partial charge is 0.262 e. The minimum atomic E-state index is -0.663. The molecule has 35 heavy (non-hydrogen) atoms. The van der Waals surface area contributed by atoms with E-state index in [4.69, 9.17) is 14.2 Å². The topological polar surface area (TPSA) is 80.7 Å². The molecule has 1 aliphatic heterocycles. The van der Waals surface area contributed by atoms with Crippen molar-refractivity contribution in [3.05, 3.63) is 59.4 Å². The Morgan fingerprint density at radius 1 is 1.14 bits per heavy atom. The fourth-order valence-corrected chi connectivity index (χ4v) is 4.00. The lowest BCUT2D eigenvalue weighted by Gasteiger charge is -2.28. The highest BCUT2D eigenvalue weighted by Gasteiger charge is 2.36. The van der Waals surface area contributed by atoms with Crippen LogP contribution in [0.25, 0.3) is 0 Å². The Labute approximate surface area is 205 Å². The molecule has 1 aliphatic rings. The normalized spacial score (nSPS) is 15.2. The number of amides is 2. The summed E-state index contributed by atoms with van der Waals surface area (Å²) in [7, 11) is 4.63. The van der Waals surface area contributed by atoms with Gasteiger partial charge in [-0.3, -0.25) is 9.59 Å². The van der Waals surface area contributed by atoms with Gasteiger partial charge in [-0.05, 0) is 18.2 Å². The fraction of sp³-hybridized carbons (Fsp3) is 0.423. The van der Waals surface area contributed by atoms with Gasteiger partial charge in [0.25, 0.3) is 5.91 Å². The van der Waals surface area contributed by atoms with E-state index in [9.17, 15) is 14.0 Å². The number of hydrogen-bond donors (Lipinski definition) is 0. The first kappa shape index (κ1) is 26.2. The van der Waals surface area contributed by atoms with Crippen LogP contribution in [0.1, 0.15) is 37.4 Å². The molecule has 1 atom stereocenters. The number of rotatable bonds is 10. The summed E-state index contributed by atoms with van der Waals surface area (Å²) in [5, 5.41) is 5.89. The number of hydrazone groups is 1. The van der Waals surface area contributed by atoms with Crippen molar-refractivity contribution < 1.29 is 28.2 Å². The predicted octanol–water partition coefficient (Wildman–Crippen LogP) is 3.65. The van der Waals surface area contributed by atoms with Crippen LogP contribution in [0.3, 0.4) is 0 Å². The highest BCUT2D eigenvalue weighted by Crippen LogP contribution is 2.37. The van der Waals surface area contributed by atoms with Crippen molar-refractivity contribution in [1.82, 2.24) is 9.91 Å². The molecule has 0 radical (unpaired) electrons. The third-order valence-corrected chi connectivity index (χ3v) is 5.85. The zero-order valence-electron chi connectivity index (χ0n) is 20.8. The Bertz CT molecular complexity index is 1090. The summed E-state index contributed by atoms with van der Waals surface area (Å²) >= 11 is 0. The van der Waals surface area contributed by atoms with Gasteiger partial charge in [0.1, 0.15) is 23.9 Å². The van der Waals surface area contributed by atoms with E-state index >= 15 is 0 Å². The quantitative estimate of drug-likeness (QED) is 0.513. The van der Waals surface area contributed by atoms with Crippen molar-refractivity contribution in [2.45, 2.75) is 26.3 Å². The number of carbonyl (C=O) groups is 2. The Morgan fingerprint density at radius 3 is 2.51 bits per heavy atom. The molecule has 0 unspecified atom stereocenters. The monoisotopic (exact) mass is 485 g/mol. The van der Waals surface area contributed by atoms with Gasteiger partial charge in [-0.2, -0.15) is 5.10 Å². The molecule has 1 heterocycles. The molecular formula is C26H32FN3O5. The van der Waals surface area contributed by atoms with Crippen LogP contribution in [-0.4, -0.2) is 68.5 Å². The van der Waals surface area contributed by atoms with E-state index in [1.807, 2.05) is 0 Å². The summed E-state index contributed by atoms with van der Waals surface area (Å²) in [6, 6.07) is 11.0. The van der Waals surface area contributed by atoms with Gasteiger partial charge >= 0.3 is 0 Å². The van der Waals surface area contributed by atoms with Crippen LogP contribution in [0.5, 0.6) is 11.5 Å². The standard InChI is InChI=1S/C26H32FN3O5/c1-17(2)26(32)29(12-13-33-3)16-25(31)30-23(19-8-6-7-9-21(19)27)15-22(28-30)20-11-10-18(34-4)14-24(20)35-5/h6-11,14,17,23H,12-13,15-16H2,1-5H3/t23-/m0/s1. The molecule has 0 fully saturated rings. The van der Waals surface area contributed by atoms with Gasteiger partial charge in [0.05, 0.1) is 32.6 Å². The highest BCUT2D eigenvalue weighted by molar-refractivity contribution is 6.05. The van der Waals surface area contributed by atoms with Crippen LogP contribution in [-0.2, 0) is 14.3 Å². The first-order valence-corrected chi connectivity index (χ1v) is 11.4. The third-order valence-electron chi connectivity index (χ3n) is 5.85. The largest absolute Gasteiger partial charge is 0.497 e. The van der Waals surface area contributed by atoms with Crippen LogP contribution >= 0.6 is 0 Å². The number of benzene rings is 2. The molecule has 8 nitrogen and oxygen atoms in total. The minimum absolute atomic E-state index is 0.168. The highest BCUT2D eigenvalue weighted by atomic mass is 19.1. The molecule has 2 amide bonds. The minimum Gasteiger partial charge on any atom is -0.497 e. The van der Waals surface area contributed by atoms with Crippen molar-refractivity contribution in [2.24, 2.45) is 11.0 Å². The summed E-state index contributed by atoms with van der Waals surface area (Å²) in [6.45, 7) is 3.91. The van der Waals surface area contributed by atoms with Gasteiger partial charge in [-0.1, -0.05) is 32.0 Å². The van der Waals surface area contributed by atoms with E-state index in [-0.39, 0.29) is 31.3 Å².